The normalized spacial score (nSPS) is 18.4. The highest BCUT2D eigenvalue weighted by atomic mass is 14.9. The summed E-state index contributed by atoms with van der Waals surface area (Å²) in [5, 5.41) is 3.56. The van der Waals surface area contributed by atoms with Crippen molar-refractivity contribution >= 4 is 0 Å². The van der Waals surface area contributed by atoms with Crippen LogP contribution in [0, 0.1) is 5.92 Å². The van der Waals surface area contributed by atoms with Crippen LogP contribution in [0.4, 0.5) is 0 Å². The summed E-state index contributed by atoms with van der Waals surface area (Å²) in [6, 6.07) is 6.49. The lowest BCUT2D eigenvalue weighted by Crippen LogP contribution is -2.21. The van der Waals surface area contributed by atoms with Gasteiger partial charge < -0.3 is 5.32 Å². The van der Waals surface area contributed by atoms with Gasteiger partial charge in [-0.1, -0.05) is 31.7 Å². The first-order valence-electron chi connectivity index (χ1n) is 7.00. The third kappa shape index (κ3) is 4.12. The zero-order chi connectivity index (χ0) is 11.9. The summed E-state index contributed by atoms with van der Waals surface area (Å²) in [7, 11) is 0. The molecule has 1 N–H and O–H groups in total. The molecule has 0 amide bonds. The molecule has 0 bridgehead atoms. The Morgan fingerprint density at radius 3 is 2.88 bits per heavy atom. The predicted octanol–water partition coefficient (Wildman–Crippen LogP) is 3.70. The fourth-order valence-corrected chi connectivity index (χ4v) is 2.75. The number of hydrogen-bond donors (Lipinski definition) is 1. The highest BCUT2D eigenvalue weighted by molar-refractivity contribution is 5.07. The Labute approximate surface area is 105 Å². The number of pyridine rings is 1. The quantitative estimate of drug-likeness (QED) is 0.756. The van der Waals surface area contributed by atoms with Gasteiger partial charge in [-0.15, -0.1) is 0 Å². The molecule has 0 spiro atoms. The summed E-state index contributed by atoms with van der Waals surface area (Å²) in [4.78, 5) is 4.37. The van der Waals surface area contributed by atoms with Crippen LogP contribution >= 0.6 is 0 Å². The van der Waals surface area contributed by atoms with Crippen molar-refractivity contribution in [1.82, 2.24) is 10.3 Å². The molecule has 1 aliphatic carbocycles. The zero-order valence-corrected chi connectivity index (χ0v) is 10.9. The van der Waals surface area contributed by atoms with Crippen LogP contribution < -0.4 is 5.32 Å². The average Bonchev–Trinajstić information content (AvgIpc) is 2.88. The molecule has 2 rings (SSSR count). The number of rotatable bonds is 6. The number of hydrogen-bond acceptors (Lipinski definition) is 2. The molecule has 17 heavy (non-hydrogen) atoms. The van der Waals surface area contributed by atoms with Crippen LogP contribution in [0.3, 0.4) is 0 Å². The van der Waals surface area contributed by atoms with Crippen LogP contribution in [0.25, 0.3) is 0 Å². The maximum atomic E-state index is 4.37. The van der Waals surface area contributed by atoms with Gasteiger partial charge in [-0.3, -0.25) is 4.98 Å². The maximum absolute atomic E-state index is 4.37. The van der Waals surface area contributed by atoms with Gasteiger partial charge in [-0.25, -0.2) is 0 Å². The average molecular weight is 232 g/mol. The smallest absolute Gasteiger partial charge is 0.0570 e. The van der Waals surface area contributed by atoms with Gasteiger partial charge in [-0.2, -0.15) is 0 Å². The largest absolute Gasteiger partial charge is 0.309 e. The van der Waals surface area contributed by atoms with Crippen LogP contribution in [-0.4, -0.2) is 11.5 Å². The molecule has 1 atom stereocenters. The van der Waals surface area contributed by atoms with Gasteiger partial charge in [0.1, 0.15) is 0 Å². The van der Waals surface area contributed by atoms with Crippen LogP contribution in [0.1, 0.15) is 57.2 Å². The Bertz CT molecular complexity index is 304. The lowest BCUT2D eigenvalue weighted by Gasteiger charge is -2.14. The highest BCUT2D eigenvalue weighted by Crippen LogP contribution is 2.28. The lowest BCUT2D eigenvalue weighted by molar-refractivity contribution is 0.454. The molecule has 0 aromatic carbocycles. The molecule has 1 fully saturated rings. The molecular weight excluding hydrogens is 208 g/mol. The molecule has 1 aromatic rings. The van der Waals surface area contributed by atoms with E-state index in [1.165, 1.54) is 38.5 Å². The van der Waals surface area contributed by atoms with Crippen molar-refractivity contribution in [1.29, 1.82) is 0 Å². The van der Waals surface area contributed by atoms with Crippen molar-refractivity contribution in [3.05, 3.63) is 30.1 Å². The molecule has 0 radical (unpaired) electrons. The van der Waals surface area contributed by atoms with Crippen LogP contribution in [0.5, 0.6) is 0 Å². The summed E-state index contributed by atoms with van der Waals surface area (Å²) in [6.45, 7) is 3.31. The first-order valence-corrected chi connectivity index (χ1v) is 7.00. The van der Waals surface area contributed by atoms with Crippen molar-refractivity contribution in [2.45, 2.75) is 51.5 Å². The molecule has 1 unspecified atom stereocenters. The van der Waals surface area contributed by atoms with Gasteiger partial charge in [0, 0.05) is 12.2 Å². The molecule has 1 aromatic heterocycles. The molecule has 94 valence electrons. The summed E-state index contributed by atoms with van der Waals surface area (Å²) in [6.07, 6.45) is 10.4. The lowest BCUT2D eigenvalue weighted by atomic mass is 10.0. The fourth-order valence-electron chi connectivity index (χ4n) is 2.75. The van der Waals surface area contributed by atoms with Crippen molar-refractivity contribution in [3.8, 4) is 0 Å². The topological polar surface area (TPSA) is 24.9 Å². The second-order valence-corrected chi connectivity index (χ2v) is 5.22. The number of nitrogens with zero attached hydrogens (tertiary/aromatic N) is 1. The van der Waals surface area contributed by atoms with Crippen LogP contribution in [-0.2, 0) is 0 Å². The number of nitrogens with one attached hydrogen (secondary N) is 1. The van der Waals surface area contributed by atoms with E-state index < -0.39 is 0 Å². The molecular formula is C15H24N2. The van der Waals surface area contributed by atoms with Crippen LogP contribution in [0.2, 0.25) is 0 Å². The van der Waals surface area contributed by atoms with E-state index in [9.17, 15) is 0 Å². The van der Waals surface area contributed by atoms with Gasteiger partial charge in [0.15, 0.2) is 0 Å². The summed E-state index contributed by atoms with van der Waals surface area (Å²) in [5.74, 6) is 1.02. The maximum Gasteiger partial charge on any atom is 0.0570 e. The standard InChI is InChI=1S/C15H24N2/c1-13(15-10-4-5-11-17-15)16-12-6-9-14-7-2-3-8-14/h4-5,10-11,13-14,16H,2-3,6-9,12H2,1H3. The van der Waals surface area contributed by atoms with E-state index in [-0.39, 0.29) is 0 Å². The summed E-state index contributed by atoms with van der Waals surface area (Å²) in [5.41, 5.74) is 1.15. The van der Waals surface area contributed by atoms with Crippen molar-refractivity contribution in [2.75, 3.05) is 6.54 Å². The van der Waals surface area contributed by atoms with Gasteiger partial charge in [0.2, 0.25) is 0 Å². The molecule has 2 heteroatoms. The first-order chi connectivity index (χ1) is 8.36. The Balaban J connectivity index is 1.61. The summed E-state index contributed by atoms with van der Waals surface area (Å²) >= 11 is 0. The van der Waals surface area contributed by atoms with Crippen molar-refractivity contribution in [3.63, 3.8) is 0 Å². The Morgan fingerprint density at radius 2 is 2.18 bits per heavy atom. The first kappa shape index (κ1) is 12.6. The van der Waals surface area contributed by atoms with Gasteiger partial charge >= 0.3 is 0 Å². The molecule has 2 nitrogen and oxygen atoms in total. The molecule has 0 saturated heterocycles. The predicted molar refractivity (Wildman–Crippen MR) is 71.8 cm³/mol. The van der Waals surface area contributed by atoms with Gasteiger partial charge in [0.05, 0.1) is 5.69 Å². The number of aromatic nitrogens is 1. The van der Waals surface area contributed by atoms with Gasteiger partial charge in [0.25, 0.3) is 0 Å². The molecule has 1 heterocycles. The Kier molecular flexibility index (Phi) is 4.99. The Morgan fingerprint density at radius 1 is 1.35 bits per heavy atom. The summed E-state index contributed by atoms with van der Waals surface area (Å²) < 4.78 is 0. The minimum Gasteiger partial charge on any atom is -0.309 e. The van der Waals surface area contributed by atoms with E-state index in [0.29, 0.717) is 6.04 Å². The third-order valence-electron chi connectivity index (χ3n) is 3.85. The Hall–Kier alpha value is -0.890. The second kappa shape index (κ2) is 6.75. The van der Waals surface area contributed by atoms with E-state index in [4.69, 9.17) is 0 Å². The highest BCUT2D eigenvalue weighted by Gasteiger charge is 2.14. The second-order valence-electron chi connectivity index (χ2n) is 5.22. The van der Waals surface area contributed by atoms with Crippen LogP contribution in [0.15, 0.2) is 24.4 Å². The van der Waals surface area contributed by atoms with E-state index in [1.807, 2.05) is 12.3 Å². The van der Waals surface area contributed by atoms with Crippen molar-refractivity contribution < 1.29 is 0 Å². The van der Waals surface area contributed by atoms with E-state index >= 15 is 0 Å². The van der Waals surface area contributed by atoms with Crippen molar-refractivity contribution in [2.24, 2.45) is 5.92 Å². The zero-order valence-electron chi connectivity index (χ0n) is 10.9. The third-order valence-corrected chi connectivity index (χ3v) is 3.85. The monoisotopic (exact) mass is 232 g/mol. The molecule has 1 aliphatic rings. The van der Waals surface area contributed by atoms with E-state index in [2.05, 4.69) is 29.4 Å². The van der Waals surface area contributed by atoms with E-state index in [0.717, 1.165) is 18.2 Å². The SMILES string of the molecule is CC(NCCCC1CCCC1)c1ccccn1. The minimum absolute atomic E-state index is 0.375. The fraction of sp³-hybridized carbons (Fsp3) is 0.667. The molecule has 0 aliphatic heterocycles. The van der Waals surface area contributed by atoms with Gasteiger partial charge in [-0.05, 0) is 44.4 Å². The molecule has 1 saturated carbocycles. The van der Waals surface area contributed by atoms with E-state index in [1.54, 1.807) is 0 Å². The minimum atomic E-state index is 0.375.